The monoisotopic (exact) mass is 439 g/mol. The predicted octanol–water partition coefficient (Wildman–Crippen LogP) is 3.91. The number of nitrogens with one attached hydrogen (secondary N) is 1. The topological polar surface area (TPSA) is 121 Å². The Kier molecular flexibility index (Phi) is 6.22. The number of aryl methyl sites for hydroxylation is 1. The fourth-order valence-corrected chi connectivity index (χ4v) is 3.39. The van der Waals surface area contributed by atoms with Crippen LogP contribution >= 0.6 is 11.6 Å². The Bertz CT molecular complexity index is 1200. The molecule has 3 N–H and O–H groups in total. The molecule has 158 valence electrons. The van der Waals surface area contributed by atoms with Gasteiger partial charge in [-0.3, -0.25) is 4.79 Å². The van der Waals surface area contributed by atoms with E-state index in [9.17, 15) is 24.6 Å². The molecule has 0 aliphatic rings. The number of aromatic carboxylic acids is 2. The maximum atomic E-state index is 12.2. The molecule has 2 aromatic carbocycles. The summed E-state index contributed by atoms with van der Waals surface area (Å²) in [7, 11) is 0. The SMILES string of the molecule is Cc1cc(/C=N\NC(=O)c2ccccc2Cl)c(C)n1-c1cc(C(=O)O)cc(C(=O)O)c1. The van der Waals surface area contributed by atoms with Gasteiger partial charge in [0.15, 0.2) is 0 Å². The van der Waals surface area contributed by atoms with Crippen LogP contribution in [0.15, 0.2) is 53.6 Å². The van der Waals surface area contributed by atoms with Crippen molar-refractivity contribution >= 4 is 35.7 Å². The first-order chi connectivity index (χ1) is 14.7. The second-order valence-corrected chi connectivity index (χ2v) is 7.13. The standard InChI is InChI=1S/C22H18ClN3O5/c1-12-7-16(11-24-25-20(27)18-5-3-4-6-19(18)23)13(2)26(12)17-9-14(21(28)29)8-15(10-17)22(30)31/h3-11H,1-2H3,(H,25,27)(H,28,29)(H,30,31)/b24-11-. The van der Waals surface area contributed by atoms with E-state index in [0.717, 1.165) is 11.8 Å². The minimum atomic E-state index is -1.23. The smallest absolute Gasteiger partial charge is 0.335 e. The van der Waals surface area contributed by atoms with Crippen molar-refractivity contribution in [1.29, 1.82) is 0 Å². The summed E-state index contributed by atoms with van der Waals surface area (Å²) in [5.74, 6) is -2.91. The molecule has 0 aliphatic heterocycles. The quantitative estimate of drug-likeness (QED) is 0.397. The van der Waals surface area contributed by atoms with Gasteiger partial charge >= 0.3 is 11.9 Å². The molecule has 3 rings (SSSR count). The summed E-state index contributed by atoms with van der Waals surface area (Å²) in [5.41, 5.74) is 4.91. The number of halogens is 1. The van der Waals surface area contributed by atoms with E-state index < -0.39 is 17.8 Å². The van der Waals surface area contributed by atoms with Crippen molar-refractivity contribution in [3.8, 4) is 5.69 Å². The van der Waals surface area contributed by atoms with Gasteiger partial charge in [0.25, 0.3) is 5.91 Å². The molecule has 0 saturated heterocycles. The third kappa shape index (κ3) is 4.65. The summed E-state index contributed by atoms with van der Waals surface area (Å²) in [6.07, 6.45) is 1.45. The number of carbonyl (C=O) groups excluding carboxylic acids is 1. The number of aromatic nitrogens is 1. The lowest BCUT2D eigenvalue weighted by Gasteiger charge is -2.12. The van der Waals surface area contributed by atoms with Crippen LogP contribution in [0.5, 0.6) is 0 Å². The van der Waals surface area contributed by atoms with E-state index in [-0.39, 0.29) is 11.1 Å². The van der Waals surface area contributed by atoms with Crippen molar-refractivity contribution in [3.63, 3.8) is 0 Å². The normalized spacial score (nSPS) is 10.9. The zero-order valence-corrected chi connectivity index (χ0v) is 17.3. The van der Waals surface area contributed by atoms with Crippen LogP contribution in [-0.2, 0) is 0 Å². The molecular weight excluding hydrogens is 422 g/mol. The minimum absolute atomic E-state index is 0.135. The second kappa shape index (κ2) is 8.85. The van der Waals surface area contributed by atoms with Crippen LogP contribution in [0.25, 0.3) is 5.69 Å². The van der Waals surface area contributed by atoms with Crippen molar-refractivity contribution in [1.82, 2.24) is 9.99 Å². The Balaban J connectivity index is 1.92. The molecule has 0 fully saturated rings. The van der Waals surface area contributed by atoms with Crippen LogP contribution in [0.3, 0.4) is 0 Å². The fraction of sp³-hybridized carbons (Fsp3) is 0.0909. The molecular formula is C22H18ClN3O5. The van der Waals surface area contributed by atoms with Crippen LogP contribution in [-0.4, -0.2) is 38.8 Å². The molecule has 0 bridgehead atoms. The van der Waals surface area contributed by atoms with Crippen LogP contribution in [0.1, 0.15) is 48.0 Å². The van der Waals surface area contributed by atoms with E-state index in [2.05, 4.69) is 10.5 Å². The molecule has 31 heavy (non-hydrogen) atoms. The number of hydrogen-bond acceptors (Lipinski definition) is 4. The van der Waals surface area contributed by atoms with Gasteiger partial charge in [0, 0.05) is 22.6 Å². The van der Waals surface area contributed by atoms with Gasteiger partial charge in [-0.15, -0.1) is 0 Å². The van der Waals surface area contributed by atoms with Gasteiger partial charge in [-0.2, -0.15) is 5.10 Å². The van der Waals surface area contributed by atoms with Crippen molar-refractivity contribution in [2.75, 3.05) is 0 Å². The summed E-state index contributed by atoms with van der Waals surface area (Å²) in [4.78, 5) is 35.0. The molecule has 3 aromatic rings. The first kappa shape index (κ1) is 21.8. The number of nitrogens with zero attached hydrogens (tertiary/aromatic N) is 2. The Hall–Kier alpha value is -3.91. The highest BCUT2D eigenvalue weighted by atomic mass is 35.5. The molecule has 1 aromatic heterocycles. The minimum Gasteiger partial charge on any atom is -0.478 e. The van der Waals surface area contributed by atoms with Crippen LogP contribution < -0.4 is 5.43 Å². The maximum absolute atomic E-state index is 12.2. The van der Waals surface area contributed by atoms with E-state index >= 15 is 0 Å². The average Bonchev–Trinajstić information content (AvgIpc) is 3.01. The van der Waals surface area contributed by atoms with Gasteiger partial charge in [-0.05, 0) is 50.2 Å². The molecule has 9 heteroatoms. The van der Waals surface area contributed by atoms with Gasteiger partial charge in [-0.25, -0.2) is 15.0 Å². The number of rotatable bonds is 6. The molecule has 0 saturated carbocycles. The number of benzene rings is 2. The maximum Gasteiger partial charge on any atom is 0.335 e. The Morgan fingerprint density at radius 3 is 2.19 bits per heavy atom. The average molecular weight is 440 g/mol. The van der Waals surface area contributed by atoms with Gasteiger partial charge in [0.1, 0.15) is 0 Å². The molecule has 0 atom stereocenters. The van der Waals surface area contributed by atoms with Crippen molar-refractivity contribution in [2.45, 2.75) is 13.8 Å². The number of carbonyl (C=O) groups is 3. The molecule has 8 nitrogen and oxygen atoms in total. The third-order valence-corrected chi connectivity index (χ3v) is 4.96. The van der Waals surface area contributed by atoms with Crippen LogP contribution in [0, 0.1) is 13.8 Å². The van der Waals surface area contributed by atoms with E-state index in [4.69, 9.17) is 11.6 Å². The van der Waals surface area contributed by atoms with Gasteiger partial charge in [0.2, 0.25) is 0 Å². The molecule has 0 unspecified atom stereocenters. The number of carboxylic acids is 2. The van der Waals surface area contributed by atoms with E-state index in [1.54, 1.807) is 48.7 Å². The first-order valence-electron chi connectivity index (χ1n) is 9.08. The Morgan fingerprint density at radius 2 is 1.61 bits per heavy atom. The highest BCUT2D eigenvalue weighted by Crippen LogP contribution is 2.22. The molecule has 0 spiro atoms. The predicted molar refractivity (Wildman–Crippen MR) is 116 cm³/mol. The third-order valence-electron chi connectivity index (χ3n) is 4.63. The summed E-state index contributed by atoms with van der Waals surface area (Å²) in [5, 5.41) is 22.9. The second-order valence-electron chi connectivity index (χ2n) is 6.72. The van der Waals surface area contributed by atoms with E-state index in [0.29, 0.717) is 27.5 Å². The summed E-state index contributed by atoms with van der Waals surface area (Å²) < 4.78 is 1.72. The summed E-state index contributed by atoms with van der Waals surface area (Å²) >= 11 is 6.00. The van der Waals surface area contributed by atoms with Crippen molar-refractivity contribution in [3.05, 3.63) is 87.2 Å². The highest BCUT2D eigenvalue weighted by molar-refractivity contribution is 6.33. The number of hydrogen-bond donors (Lipinski definition) is 3. The number of hydrazone groups is 1. The molecule has 1 heterocycles. The zero-order chi connectivity index (χ0) is 22.7. The number of carboxylic acid groups (broad SMARTS) is 2. The first-order valence-corrected chi connectivity index (χ1v) is 9.45. The fourth-order valence-electron chi connectivity index (χ4n) is 3.17. The van der Waals surface area contributed by atoms with Crippen LogP contribution in [0.4, 0.5) is 0 Å². The molecule has 0 radical (unpaired) electrons. The summed E-state index contributed by atoms with van der Waals surface area (Å²) in [6.45, 7) is 3.57. The Labute approximate surface area is 182 Å². The number of amides is 1. The van der Waals surface area contributed by atoms with Gasteiger partial charge < -0.3 is 14.8 Å². The van der Waals surface area contributed by atoms with Gasteiger partial charge in [0.05, 0.1) is 27.9 Å². The van der Waals surface area contributed by atoms with Crippen molar-refractivity contribution < 1.29 is 24.6 Å². The Morgan fingerprint density at radius 1 is 1.00 bits per heavy atom. The molecule has 0 aliphatic carbocycles. The summed E-state index contributed by atoms with van der Waals surface area (Å²) in [6, 6.07) is 12.3. The lowest BCUT2D eigenvalue weighted by atomic mass is 10.1. The van der Waals surface area contributed by atoms with E-state index in [1.807, 2.05) is 0 Å². The lowest BCUT2D eigenvalue weighted by molar-refractivity contribution is 0.0696. The van der Waals surface area contributed by atoms with Gasteiger partial charge in [-0.1, -0.05) is 23.7 Å². The lowest BCUT2D eigenvalue weighted by Crippen LogP contribution is -2.18. The molecule has 1 amide bonds. The van der Waals surface area contributed by atoms with Crippen LogP contribution in [0.2, 0.25) is 5.02 Å². The van der Waals surface area contributed by atoms with E-state index in [1.165, 1.54) is 18.3 Å². The highest BCUT2D eigenvalue weighted by Gasteiger charge is 2.16. The largest absolute Gasteiger partial charge is 0.478 e. The van der Waals surface area contributed by atoms with Crippen molar-refractivity contribution in [2.24, 2.45) is 5.10 Å². The zero-order valence-electron chi connectivity index (χ0n) is 16.6.